The Morgan fingerprint density at radius 3 is 2.64 bits per heavy atom. The van der Waals surface area contributed by atoms with Gasteiger partial charge in [-0.25, -0.2) is 4.79 Å². The van der Waals surface area contributed by atoms with Gasteiger partial charge in [0.05, 0.1) is 0 Å². The lowest BCUT2D eigenvalue weighted by molar-refractivity contribution is -0.139. The lowest BCUT2D eigenvalue weighted by Crippen LogP contribution is -2.45. The van der Waals surface area contributed by atoms with Gasteiger partial charge in [-0.2, -0.15) is 0 Å². The molecule has 3 N–H and O–H groups in total. The minimum absolute atomic E-state index is 0.000846. The number of aromatic nitrogens is 2. The third kappa shape index (κ3) is 4.87. The normalized spacial score (nSPS) is 15.5. The van der Waals surface area contributed by atoms with Crippen molar-refractivity contribution in [2.24, 2.45) is 5.92 Å². The van der Waals surface area contributed by atoms with Crippen LogP contribution >= 0.6 is 0 Å². The molecule has 0 saturated heterocycles. The second kappa shape index (κ2) is 9.65. The first kappa shape index (κ1) is 22.8. The molecule has 0 bridgehead atoms. The number of pyridine rings is 1. The van der Waals surface area contributed by atoms with Crippen molar-refractivity contribution in [1.29, 1.82) is 0 Å². The molecule has 0 aliphatic heterocycles. The van der Waals surface area contributed by atoms with Gasteiger partial charge in [-0.05, 0) is 55.9 Å². The second-order valence-electron chi connectivity index (χ2n) is 9.17. The molecule has 1 fully saturated rings. The number of aliphatic carboxylic acids is 1. The predicted molar refractivity (Wildman–Crippen MR) is 128 cm³/mol. The number of rotatable bonds is 7. The first-order valence-electron chi connectivity index (χ1n) is 11.6. The molecule has 4 rings (SSSR count). The summed E-state index contributed by atoms with van der Waals surface area (Å²) in [5.41, 5.74) is 3.06. The number of nitrogens with one attached hydrogen (secondary N) is 2. The Hall–Kier alpha value is -3.35. The van der Waals surface area contributed by atoms with Gasteiger partial charge in [0, 0.05) is 35.8 Å². The van der Waals surface area contributed by atoms with Crippen LogP contribution in [0.3, 0.4) is 0 Å². The number of aromatic amines is 1. The highest BCUT2D eigenvalue weighted by Crippen LogP contribution is 2.25. The molecule has 1 aromatic carbocycles. The number of amides is 1. The molecule has 1 saturated carbocycles. The van der Waals surface area contributed by atoms with E-state index < -0.39 is 17.9 Å². The third-order valence-electron chi connectivity index (χ3n) is 6.92. The van der Waals surface area contributed by atoms with Crippen molar-refractivity contribution >= 4 is 22.8 Å². The molecular formula is C26H31N3O4. The average molecular weight is 450 g/mol. The van der Waals surface area contributed by atoms with Gasteiger partial charge in [-0.15, -0.1) is 0 Å². The molecule has 0 unspecified atom stereocenters. The number of carboxylic acid groups (broad SMARTS) is 1. The molecule has 1 atom stereocenters. The fraction of sp³-hybridized carbons (Fsp3) is 0.423. The van der Waals surface area contributed by atoms with E-state index in [4.69, 9.17) is 0 Å². The first-order chi connectivity index (χ1) is 15.8. The van der Waals surface area contributed by atoms with Crippen LogP contribution in [0.25, 0.3) is 10.9 Å². The van der Waals surface area contributed by atoms with E-state index in [1.54, 1.807) is 16.8 Å². The number of hydrogen-bond acceptors (Lipinski definition) is 3. The van der Waals surface area contributed by atoms with E-state index in [9.17, 15) is 19.5 Å². The van der Waals surface area contributed by atoms with Crippen LogP contribution in [0.4, 0.5) is 0 Å². The van der Waals surface area contributed by atoms with Crippen molar-refractivity contribution in [1.82, 2.24) is 14.9 Å². The van der Waals surface area contributed by atoms with Crippen molar-refractivity contribution in [2.45, 2.75) is 65.0 Å². The number of carbonyl (C=O) groups excluding carboxylic acids is 1. The van der Waals surface area contributed by atoms with Crippen LogP contribution in [0.5, 0.6) is 0 Å². The summed E-state index contributed by atoms with van der Waals surface area (Å²) >= 11 is 0. The summed E-state index contributed by atoms with van der Waals surface area (Å²) in [7, 11) is 0. The van der Waals surface area contributed by atoms with E-state index in [0.29, 0.717) is 12.5 Å². The number of carboxylic acids is 1. The number of benzene rings is 1. The van der Waals surface area contributed by atoms with E-state index in [1.165, 1.54) is 19.3 Å². The molecule has 174 valence electrons. The van der Waals surface area contributed by atoms with Crippen molar-refractivity contribution in [3.8, 4) is 0 Å². The molecule has 7 nitrogen and oxygen atoms in total. The molecule has 1 aliphatic carbocycles. The van der Waals surface area contributed by atoms with E-state index in [2.05, 4.69) is 10.3 Å². The highest BCUT2D eigenvalue weighted by atomic mass is 16.4. The number of fused-ring (bicyclic) bond motifs is 1. The Labute approximate surface area is 192 Å². The Morgan fingerprint density at radius 2 is 1.91 bits per heavy atom. The van der Waals surface area contributed by atoms with Crippen LogP contribution in [-0.4, -0.2) is 32.6 Å². The third-order valence-corrected chi connectivity index (χ3v) is 6.92. The standard InChI is InChI=1S/C26H31N3O4/c1-16-12-21(25(31)29(17(16)2)15-18-8-4-3-5-9-18)24(30)28-23(26(32)33)13-19-14-27-22-11-7-6-10-20(19)22/h6-7,10-12,14,18,23,27H,3-5,8-9,13,15H2,1-2H3,(H,28,30)(H,32,33)/t23-/m0/s1. The average Bonchev–Trinajstić information content (AvgIpc) is 3.22. The van der Waals surface area contributed by atoms with Crippen LogP contribution in [0, 0.1) is 19.8 Å². The van der Waals surface area contributed by atoms with Gasteiger partial charge in [0.1, 0.15) is 11.6 Å². The van der Waals surface area contributed by atoms with Crippen LogP contribution < -0.4 is 10.9 Å². The van der Waals surface area contributed by atoms with E-state index in [0.717, 1.165) is 40.6 Å². The van der Waals surface area contributed by atoms with E-state index in [-0.39, 0.29) is 17.5 Å². The van der Waals surface area contributed by atoms with Crippen LogP contribution in [0.2, 0.25) is 0 Å². The van der Waals surface area contributed by atoms with E-state index in [1.807, 2.05) is 38.1 Å². The summed E-state index contributed by atoms with van der Waals surface area (Å²) in [6, 6.07) is 8.04. The topological polar surface area (TPSA) is 104 Å². The molecular weight excluding hydrogens is 418 g/mol. The van der Waals surface area contributed by atoms with Gasteiger partial charge < -0.3 is 20.0 Å². The molecule has 2 aromatic heterocycles. The number of hydrogen-bond donors (Lipinski definition) is 3. The SMILES string of the molecule is Cc1cc(C(=O)N[C@@H](Cc2c[nH]c3ccccc23)C(=O)O)c(=O)n(CC2CCCCC2)c1C. The number of para-hydroxylation sites is 1. The van der Waals surface area contributed by atoms with Gasteiger partial charge in [-0.3, -0.25) is 9.59 Å². The fourth-order valence-corrected chi connectivity index (χ4v) is 4.86. The molecule has 0 spiro atoms. The van der Waals surface area contributed by atoms with E-state index >= 15 is 0 Å². The van der Waals surface area contributed by atoms with Gasteiger partial charge >= 0.3 is 5.97 Å². The number of carbonyl (C=O) groups is 2. The van der Waals surface area contributed by atoms with Crippen molar-refractivity contribution in [2.75, 3.05) is 0 Å². The van der Waals surface area contributed by atoms with Gasteiger partial charge in [0.25, 0.3) is 11.5 Å². The summed E-state index contributed by atoms with van der Waals surface area (Å²) in [4.78, 5) is 41.4. The number of aryl methyl sites for hydroxylation is 1. The number of nitrogens with zero attached hydrogens (tertiary/aromatic N) is 1. The summed E-state index contributed by atoms with van der Waals surface area (Å²) in [5, 5.41) is 13.3. The zero-order chi connectivity index (χ0) is 23.5. The molecule has 0 radical (unpaired) electrons. The monoisotopic (exact) mass is 449 g/mol. The number of H-pyrrole nitrogens is 1. The minimum Gasteiger partial charge on any atom is -0.480 e. The van der Waals surface area contributed by atoms with Gasteiger partial charge in [0.15, 0.2) is 0 Å². The molecule has 7 heteroatoms. The van der Waals surface area contributed by atoms with Gasteiger partial charge in [0.2, 0.25) is 0 Å². The predicted octanol–water partition coefficient (Wildman–Crippen LogP) is 3.95. The first-order valence-corrected chi connectivity index (χ1v) is 11.6. The minimum atomic E-state index is -1.15. The second-order valence-corrected chi connectivity index (χ2v) is 9.17. The summed E-state index contributed by atoms with van der Waals surface area (Å²) in [6.07, 6.45) is 7.64. The Morgan fingerprint density at radius 1 is 1.18 bits per heavy atom. The smallest absolute Gasteiger partial charge is 0.326 e. The maximum Gasteiger partial charge on any atom is 0.326 e. The Kier molecular flexibility index (Phi) is 6.67. The molecule has 33 heavy (non-hydrogen) atoms. The molecule has 1 aliphatic rings. The quantitative estimate of drug-likeness (QED) is 0.508. The Balaban J connectivity index is 1.58. The lowest BCUT2D eigenvalue weighted by atomic mass is 9.89. The van der Waals surface area contributed by atoms with Crippen molar-refractivity contribution in [3.63, 3.8) is 0 Å². The van der Waals surface area contributed by atoms with Crippen LogP contribution in [0.1, 0.15) is 59.3 Å². The van der Waals surface area contributed by atoms with Crippen molar-refractivity contribution in [3.05, 3.63) is 69.3 Å². The summed E-state index contributed by atoms with van der Waals surface area (Å²) < 4.78 is 1.70. The maximum absolute atomic E-state index is 13.2. The van der Waals surface area contributed by atoms with Crippen LogP contribution in [-0.2, 0) is 17.8 Å². The van der Waals surface area contributed by atoms with Gasteiger partial charge in [-0.1, -0.05) is 37.5 Å². The highest BCUT2D eigenvalue weighted by Gasteiger charge is 2.25. The zero-order valence-electron chi connectivity index (χ0n) is 19.2. The largest absolute Gasteiger partial charge is 0.480 e. The lowest BCUT2D eigenvalue weighted by Gasteiger charge is -2.24. The maximum atomic E-state index is 13.2. The summed E-state index contributed by atoms with van der Waals surface area (Å²) in [6.45, 7) is 4.38. The van der Waals surface area contributed by atoms with Crippen LogP contribution in [0.15, 0.2) is 41.3 Å². The highest BCUT2D eigenvalue weighted by molar-refractivity contribution is 5.96. The Bertz CT molecular complexity index is 1230. The molecule has 3 aromatic rings. The fourth-order valence-electron chi connectivity index (χ4n) is 4.86. The summed E-state index contributed by atoms with van der Waals surface area (Å²) in [5.74, 6) is -1.35. The molecule has 1 amide bonds. The van der Waals surface area contributed by atoms with Crippen molar-refractivity contribution < 1.29 is 14.7 Å². The zero-order valence-corrected chi connectivity index (χ0v) is 19.2. The molecule has 2 heterocycles.